The van der Waals surface area contributed by atoms with Crippen molar-refractivity contribution in [2.45, 2.75) is 0 Å². The van der Waals surface area contributed by atoms with E-state index in [2.05, 4.69) is 0 Å². The minimum absolute atomic E-state index is 0.149. The SMILES string of the molecule is O=S(=O)(O)Oc1c2ccccc2cc2ccccc12. The quantitative estimate of drug-likeness (QED) is 0.576. The Hall–Kier alpha value is -2.11. The number of fused-ring (bicyclic) bond motifs is 2. The summed E-state index contributed by atoms with van der Waals surface area (Å²) in [6, 6.07) is 16.5. The highest BCUT2D eigenvalue weighted by atomic mass is 32.3. The summed E-state index contributed by atoms with van der Waals surface area (Å²) in [6.45, 7) is 0. The smallest absolute Gasteiger partial charge is 0.360 e. The second-order valence-electron chi connectivity index (χ2n) is 4.16. The molecule has 3 rings (SSSR count). The van der Waals surface area contributed by atoms with Crippen LogP contribution in [0.15, 0.2) is 54.6 Å². The highest BCUT2D eigenvalue weighted by molar-refractivity contribution is 7.81. The zero-order chi connectivity index (χ0) is 13.5. The van der Waals surface area contributed by atoms with Crippen molar-refractivity contribution in [1.29, 1.82) is 0 Å². The van der Waals surface area contributed by atoms with Gasteiger partial charge in [-0.25, -0.2) is 0 Å². The highest BCUT2D eigenvalue weighted by Gasteiger charge is 2.14. The molecule has 3 aromatic carbocycles. The molecule has 0 aliphatic heterocycles. The lowest BCUT2D eigenvalue weighted by Crippen LogP contribution is -2.07. The molecule has 4 nitrogen and oxygen atoms in total. The molecule has 1 N–H and O–H groups in total. The highest BCUT2D eigenvalue weighted by Crippen LogP contribution is 2.35. The van der Waals surface area contributed by atoms with Gasteiger partial charge in [-0.1, -0.05) is 48.5 Å². The van der Waals surface area contributed by atoms with Gasteiger partial charge in [0.25, 0.3) is 0 Å². The van der Waals surface area contributed by atoms with Crippen molar-refractivity contribution >= 4 is 31.9 Å². The van der Waals surface area contributed by atoms with Crippen LogP contribution >= 0.6 is 0 Å². The summed E-state index contributed by atoms with van der Waals surface area (Å²) >= 11 is 0. The van der Waals surface area contributed by atoms with E-state index in [0.29, 0.717) is 10.8 Å². The van der Waals surface area contributed by atoms with Crippen LogP contribution in [0.5, 0.6) is 5.75 Å². The van der Waals surface area contributed by atoms with E-state index in [1.165, 1.54) is 0 Å². The first kappa shape index (κ1) is 12.0. The van der Waals surface area contributed by atoms with Gasteiger partial charge in [0.1, 0.15) is 0 Å². The van der Waals surface area contributed by atoms with Crippen molar-refractivity contribution in [3.8, 4) is 5.75 Å². The summed E-state index contributed by atoms with van der Waals surface area (Å²) in [5, 5.41) is 2.97. The Morgan fingerprint density at radius 3 is 1.79 bits per heavy atom. The van der Waals surface area contributed by atoms with E-state index in [-0.39, 0.29) is 5.75 Å². The summed E-state index contributed by atoms with van der Waals surface area (Å²) in [5.41, 5.74) is 0. The van der Waals surface area contributed by atoms with Crippen LogP contribution in [0.2, 0.25) is 0 Å². The number of rotatable bonds is 2. The third kappa shape index (κ3) is 2.25. The van der Waals surface area contributed by atoms with Gasteiger partial charge >= 0.3 is 10.4 Å². The first-order valence-corrected chi connectivity index (χ1v) is 6.98. The minimum atomic E-state index is -4.56. The van der Waals surface area contributed by atoms with Gasteiger partial charge in [0.05, 0.1) is 0 Å². The van der Waals surface area contributed by atoms with E-state index in [0.717, 1.165) is 10.8 Å². The normalized spacial score (nSPS) is 11.8. The van der Waals surface area contributed by atoms with Crippen LogP contribution in [0.3, 0.4) is 0 Å². The molecule has 0 aliphatic rings. The third-order valence-corrected chi connectivity index (χ3v) is 3.29. The predicted octanol–water partition coefficient (Wildman–Crippen LogP) is 3.17. The van der Waals surface area contributed by atoms with E-state index in [9.17, 15) is 8.42 Å². The Kier molecular flexibility index (Phi) is 2.66. The lowest BCUT2D eigenvalue weighted by atomic mass is 10.0. The maximum absolute atomic E-state index is 11.0. The third-order valence-electron chi connectivity index (χ3n) is 2.91. The van der Waals surface area contributed by atoms with Crippen LogP contribution in [-0.2, 0) is 10.4 Å². The van der Waals surface area contributed by atoms with E-state index in [4.69, 9.17) is 8.74 Å². The van der Waals surface area contributed by atoms with Gasteiger partial charge in [0.2, 0.25) is 0 Å². The maximum Gasteiger partial charge on any atom is 0.446 e. The van der Waals surface area contributed by atoms with Gasteiger partial charge in [-0.05, 0) is 16.8 Å². The van der Waals surface area contributed by atoms with E-state index < -0.39 is 10.4 Å². The molecule has 0 saturated carbocycles. The standard InChI is InChI=1S/C14H10O4S/c15-19(16,17)18-14-12-7-3-1-5-10(12)9-11-6-2-4-8-13(11)14/h1-9H,(H,15,16,17). The second kappa shape index (κ2) is 4.22. The molecule has 0 heterocycles. The first-order chi connectivity index (χ1) is 9.04. The van der Waals surface area contributed by atoms with Crippen molar-refractivity contribution in [1.82, 2.24) is 0 Å². The van der Waals surface area contributed by atoms with E-state index in [1.807, 2.05) is 30.3 Å². The zero-order valence-corrected chi connectivity index (χ0v) is 10.6. The molecule has 0 unspecified atom stereocenters. The lowest BCUT2D eigenvalue weighted by Gasteiger charge is -2.10. The molecule has 5 heteroatoms. The fraction of sp³-hybridized carbons (Fsp3) is 0. The van der Waals surface area contributed by atoms with E-state index >= 15 is 0 Å². The van der Waals surface area contributed by atoms with Gasteiger partial charge in [0.15, 0.2) is 5.75 Å². The van der Waals surface area contributed by atoms with Crippen LogP contribution in [0.4, 0.5) is 0 Å². The molecule has 3 aromatic rings. The lowest BCUT2D eigenvalue weighted by molar-refractivity contribution is 0.390. The van der Waals surface area contributed by atoms with Crippen LogP contribution in [0.1, 0.15) is 0 Å². The molecule has 0 radical (unpaired) electrons. The molecule has 0 amide bonds. The molecule has 19 heavy (non-hydrogen) atoms. The van der Waals surface area contributed by atoms with Gasteiger partial charge < -0.3 is 4.18 Å². The van der Waals surface area contributed by atoms with Crippen LogP contribution < -0.4 is 4.18 Å². The molecule has 0 aromatic heterocycles. The second-order valence-corrected chi connectivity index (χ2v) is 5.18. The summed E-state index contributed by atoms with van der Waals surface area (Å²) in [4.78, 5) is 0. The molecular formula is C14H10O4S. The van der Waals surface area contributed by atoms with Crippen LogP contribution in [-0.4, -0.2) is 13.0 Å². The fourth-order valence-electron chi connectivity index (χ4n) is 2.17. The number of benzene rings is 3. The Balaban J connectivity index is 2.46. The van der Waals surface area contributed by atoms with Crippen molar-refractivity contribution < 1.29 is 17.2 Å². The largest absolute Gasteiger partial charge is 0.446 e. The summed E-state index contributed by atoms with van der Waals surface area (Å²) in [7, 11) is -4.56. The molecule has 0 atom stereocenters. The molecule has 96 valence electrons. The average molecular weight is 274 g/mol. The van der Waals surface area contributed by atoms with Gasteiger partial charge in [0, 0.05) is 10.8 Å². The minimum Gasteiger partial charge on any atom is -0.360 e. The first-order valence-electron chi connectivity index (χ1n) is 5.62. The maximum atomic E-state index is 11.0. The molecule has 0 fully saturated rings. The molecule has 0 spiro atoms. The zero-order valence-electron chi connectivity index (χ0n) is 9.78. The topological polar surface area (TPSA) is 63.6 Å². The fourth-order valence-corrected chi connectivity index (χ4v) is 2.56. The summed E-state index contributed by atoms with van der Waals surface area (Å²) < 4.78 is 35.7. The molecule has 0 bridgehead atoms. The predicted molar refractivity (Wildman–Crippen MR) is 73.6 cm³/mol. The Bertz CT molecular complexity index is 815. The monoisotopic (exact) mass is 274 g/mol. The van der Waals surface area contributed by atoms with Crippen molar-refractivity contribution in [2.75, 3.05) is 0 Å². The Morgan fingerprint density at radius 1 is 0.842 bits per heavy atom. The number of hydrogen-bond donors (Lipinski definition) is 1. The van der Waals surface area contributed by atoms with Gasteiger partial charge in [-0.15, -0.1) is 0 Å². The van der Waals surface area contributed by atoms with Crippen molar-refractivity contribution in [3.63, 3.8) is 0 Å². The van der Waals surface area contributed by atoms with Gasteiger partial charge in [-0.2, -0.15) is 8.42 Å². The van der Waals surface area contributed by atoms with Gasteiger partial charge in [-0.3, -0.25) is 4.55 Å². The Morgan fingerprint density at radius 2 is 1.32 bits per heavy atom. The summed E-state index contributed by atoms with van der Waals surface area (Å²) in [5.74, 6) is 0.149. The average Bonchev–Trinajstić information content (AvgIpc) is 2.37. The molecule has 0 saturated heterocycles. The number of hydrogen-bond acceptors (Lipinski definition) is 3. The summed E-state index contributed by atoms with van der Waals surface area (Å²) in [6.07, 6.45) is 0. The van der Waals surface area contributed by atoms with Crippen LogP contribution in [0, 0.1) is 0 Å². The van der Waals surface area contributed by atoms with Crippen LogP contribution in [0.25, 0.3) is 21.5 Å². The van der Waals surface area contributed by atoms with Crippen molar-refractivity contribution in [3.05, 3.63) is 54.6 Å². The molecule has 0 aliphatic carbocycles. The Labute approximate surface area is 110 Å². The molecular weight excluding hydrogens is 264 g/mol. The van der Waals surface area contributed by atoms with Crippen molar-refractivity contribution in [2.24, 2.45) is 0 Å². The van der Waals surface area contributed by atoms with E-state index in [1.54, 1.807) is 24.3 Å².